The summed E-state index contributed by atoms with van der Waals surface area (Å²) < 4.78 is 15.8. The van der Waals surface area contributed by atoms with Crippen molar-refractivity contribution in [1.29, 1.82) is 0 Å². The molecule has 1 aliphatic heterocycles. The van der Waals surface area contributed by atoms with Crippen molar-refractivity contribution in [2.75, 3.05) is 31.0 Å². The van der Waals surface area contributed by atoms with Gasteiger partial charge in [-0.1, -0.05) is 12.1 Å². The van der Waals surface area contributed by atoms with E-state index < -0.39 is 5.92 Å². The molecule has 176 valence electrons. The second-order valence-corrected chi connectivity index (χ2v) is 7.74. The Labute approximate surface area is 196 Å². The Morgan fingerprint density at radius 1 is 1.09 bits per heavy atom. The number of methoxy groups -OCH3 is 2. The lowest BCUT2D eigenvalue weighted by atomic mass is 10.1. The van der Waals surface area contributed by atoms with Crippen LogP contribution in [0.15, 0.2) is 65.3 Å². The molecule has 0 bridgehead atoms. The zero-order valence-electron chi connectivity index (χ0n) is 18.9. The lowest BCUT2D eigenvalue weighted by molar-refractivity contribution is -0.122. The highest BCUT2D eigenvalue weighted by Gasteiger charge is 2.36. The van der Waals surface area contributed by atoms with E-state index >= 15 is 0 Å². The monoisotopic (exact) mass is 463 g/mol. The van der Waals surface area contributed by atoms with Crippen LogP contribution in [-0.2, 0) is 16.1 Å². The first kappa shape index (κ1) is 22.9. The summed E-state index contributed by atoms with van der Waals surface area (Å²) >= 11 is 0. The molecule has 0 aliphatic carbocycles. The SMILES string of the molecule is COc1ccc(N2CC(C(=O)Nc3ccccc3C(=O)NCc3ccco3)CC2=O)c(OC)c1. The molecule has 2 aromatic carbocycles. The highest BCUT2D eigenvalue weighted by molar-refractivity contribution is 6.07. The molecule has 1 saturated heterocycles. The predicted octanol–water partition coefficient (Wildman–Crippen LogP) is 3.22. The fourth-order valence-electron chi connectivity index (χ4n) is 3.82. The van der Waals surface area contributed by atoms with Crippen LogP contribution in [0.3, 0.4) is 0 Å². The van der Waals surface area contributed by atoms with E-state index in [1.54, 1.807) is 61.7 Å². The fraction of sp³-hybridized carbons (Fsp3) is 0.240. The Balaban J connectivity index is 1.45. The summed E-state index contributed by atoms with van der Waals surface area (Å²) in [7, 11) is 3.06. The predicted molar refractivity (Wildman–Crippen MR) is 125 cm³/mol. The Morgan fingerprint density at radius 2 is 1.91 bits per heavy atom. The maximum absolute atomic E-state index is 13.0. The second-order valence-electron chi connectivity index (χ2n) is 7.74. The number of anilines is 2. The Hall–Kier alpha value is -4.27. The van der Waals surface area contributed by atoms with Gasteiger partial charge in [0, 0.05) is 19.0 Å². The van der Waals surface area contributed by atoms with Gasteiger partial charge in [-0.15, -0.1) is 0 Å². The molecule has 34 heavy (non-hydrogen) atoms. The van der Waals surface area contributed by atoms with Crippen LogP contribution in [-0.4, -0.2) is 38.5 Å². The maximum atomic E-state index is 13.0. The molecule has 1 atom stereocenters. The first-order valence-corrected chi connectivity index (χ1v) is 10.7. The first-order chi connectivity index (χ1) is 16.5. The van der Waals surface area contributed by atoms with Gasteiger partial charge in [0.1, 0.15) is 17.3 Å². The van der Waals surface area contributed by atoms with E-state index in [1.165, 1.54) is 18.3 Å². The van der Waals surface area contributed by atoms with Crippen molar-refractivity contribution in [2.24, 2.45) is 5.92 Å². The van der Waals surface area contributed by atoms with Crippen molar-refractivity contribution in [3.8, 4) is 11.5 Å². The number of hydrogen-bond donors (Lipinski definition) is 2. The molecule has 1 fully saturated rings. The number of carbonyl (C=O) groups is 3. The lowest BCUT2D eigenvalue weighted by Gasteiger charge is -2.20. The van der Waals surface area contributed by atoms with Crippen molar-refractivity contribution < 1.29 is 28.3 Å². The number of carbonyl (C=O) groups excluding carboxylic acids is 3. The second kappa shape index (κ2) is 10.1. The molecule has 2 N–H and O–H groups in total. The number of ether oxygens (including phenoxy) is 2. The molecule has 0 spiro atoms. The van der Waals surface area contributed by atoms with Crippen molar-refractivity contribution in [2.45, 2.75) is 13.0 Å². The summed E-state index contributed by atoms with van der Waals surface area (Å²) in [5.74, 6) is 0.241. The number of hydrogen-bond acceptors (Lipinski definition) is 6. The third-order valence-electron chi connectivity index (χ3n) is 5.61. The first-order valence-electron chi connectivity index (χ1n) is 10.7. The van der Waals surface area contributed by atoms with Gasteiger partial charge in [0.2, 0.25) is 11.8 Å². The average molecular weight is 463 g/mol. The highest BCUT2D eigenvalue weighted by atomic mass is 16.5. The van der Waals surface area contributed by atoms with E-state index in [9.17, 15) is 14.4 Å². The quantitative estimate of drug-likeness (QED) is 0.531. The Bertz CT molecular complexity index is 1190. The Kier molecular flexibility index (Phi) is 6.82. The van der Waals surface area contributed by atoms with Crippen LogP contribution < -0.4 is 25.0 Å². The van der Waals surface area contributed by atoms with Gasteiger partial charge in [-0.05, 0) is 36.4 Å². The molecule has 9 heteroatoms. The van der Waals surface area contributed by atoms with Crippen molar-refractivity contribution in [3.63, 3.8) is 0 Å². The van der Waals surface area contributed by atoms with Crippen LogP contribution in [0.1, 0.15) is 22.5 Å². The van der Waals surface area contributed by atoms with Gasteiger partial charge in [0.25, 0.3) is 5.91 Å². The van der Waals surface area contributed by atoms with Gasteiger partial charge >= 0.3 is 0 Å². The maximum Gasteiger partial charge on any atom is 0.253 e. The summed E-state index contributed by atoms with van der Waals surface area (Å²) in [5, 5.41) is 5.58. The molecule has 1 unspecified atom stereocenters. The number of para-hydroxylation sites is 1. The van der Waals surface area contributed by atoms with Crippen LogP contribution in [0.4, 0.5) is 11.4 Å². The molecule has 0 saturated carbocycles. The summed E-state index contributed by atoms with van der Waals surface area (Å²) in [4.78, 5) is 40.0. The fourth-order valence-corrected chi connectivity index (χ4v) is 3.82. The van der Waals surface area contributed by atoms with E-state index in [1.807, 2.05) is 0 Å². The van der Waals surface area contributed by atoms with Crippen molar-refractivity contribution >= 4 is 29.1 Å². The molecule has 3 amide bonds. The topological polar surface area (TPSA) is 110 Å². The third kappa shape index (κ3) is 4.88. The summed E-state index contributed by atoms with van der Waals surface area (Å²) in [5.41, 5.74) is 1.26. The van der Waals surface area contributed by atoms with Gasteiger partial charge < -0.3 is 29.4 Å². The summed E-state index contributed by atoms with van der Waals surface area (Å²) in [6, 6.07) is 15.4. The van der Waals surface area contributed by atoms with Gasteiger partial charge in [-0.3, -0.25) is 14.4 Å². The van der Waals surface area contributed by atoms with E-state index in [4.69, 9.17) is 13.9 Å². The van der Waals surface area contributed by atoms with E-state index in [2.05, 4.69) is 10.6 Å². The highest BCUT2D eigenvalue weighted by Crippen LogP contribution is 2.36. The minimum atomic E-state index is -0.585. The average Bonchev–Trinajstić information content (AvgIpc) is 3.52. The van der Waals surface area contributed by atoms with Crippen LogP contribution in [0, 0.1) is 5.92 Å². The molecule has 0 radical (unpaired) electrons. The van der Waals surface area contributed by atoms with E-state index in [0.29, 0.717) is 34.2 Å². The number of furan rings is 1. The third-order valence-corrected chi connectivity index (χ3v) is 5.61. The zero-order chi connectivity index (χ0) is 24.1. The minimum Gasteiger partial charge on any atom is -0.497 e. The smallest absolute Gasteiger partial charge is 0.253 e. The van der Waals surface area contributed by atoms with Crippen LogP contribution in [0.2, 0.25) is 0 Å². The number of nitrogens with one attached hydrogen (secondary N) is 2. The van der Waals surface area contributed by atoms with Crippen LogP contribution in [0.25, 0.3) is 0 Å². The molecular weight excluding hydrogens is 438 g/mol. The number of benzene rings is 2. The molecular formula is C25H25N3O6. The Morgan fingerprint density at radius 3 is 2.65 bits per heavy atom. The number of nitrogens with zero attached hydrogens (tertiary/aromatic N) is 1. The molecule has 3 aromatic rings. The number of rotatable bonds is 8. The van der Waals surface area contributed by atoms with Gasteiger partial charge in [0.15, 0.2) is 0 Å². The van der Waals surface area contributed by atoms with E-state index in [-0.39, 0.29) is 37.2 Å². The van der Waals surface area contributed by atoms with Gasteiger partial charge in [-0.25, -0.2) is 0 Å². The minimum absolute atomic E-state index is 0.0495. The summed E-state index contributed by atoms with van der Waals surface area (Å²) in [6.07, 6.45) is 1.58. The number of amides is 3. The zero-order valence-corrected chi connectivity index (χ0v) is 18.9. The normalized spacial score (nSPS) is 15.2. The summed E-state index contributed by atoms with van der Waals surface area (Å²) in [6.45, 7) is 0.421. The largest absolute Gasteiger partial charge is 0.497 e. The van der Waals surface area contributed by atoms with Crippen molar-refractivity contribution in [1.82, 2.24) is 5.32 Å². The lowest BCUT2D eigenvalue weighted by Crippen LogP contribution is -2.29. The van der Waals surface area contributed by atoms with Crippen LogP contribution >= 0.6 is 0 Å². The van der Waals surface area contributed by atoms with E-state index in [0.717, 1.165) is 0 Å². The molecule has 1 aliphatic rings. The standard InChI is InChI=1S/C25H25N3O6/c1-32-17-9-10-21(22(13-17)33-2)28-15-16(12-23(28)29)24(30)27-20-8-4-3-7-19(20)25(31)26-14-18-6-5-11-34-18/h3-11,13,16H,12,14-15H2,1-2H3,(H,26,31)(H,27,30). The van der Waals surface area contributed by atoms with Gasteiger partial charge in [-0.2, -0.15) is 0 Å². The molecule has 1 aromatic heterocycles. The van der Waals surface area contributed by atoms with Gasteiger partial charge in [0.05, 0.1) is 49.9 Å². The molecule has 2 heterocycles. The van der Waals surface area contributed by atoms with Crippen molar-refractivity contribution in [3.05, 3.63) is 72.2 Å². The molecule has 4 rings (SSSR count). The molecule has 9 nitrogen and oxygen atoms in total. The van der Waals surface area contributed by atoms with Crippen LogP contribution in [0.5, 0.6) is 11.5 Å².